The molecule has 0 atom stereocenters. The Balaban J connectivity index is 1.56. The number of para-hydroxylation sites is 2. The quantitative estimate of drug-likeness (QED) is 0.853. The van der Waals surface area contributed by atoms with Crippen LogP contribution in [0.3, 0.4) is 0 Å². The number of aromatic nitrogens is 2. The summed E-state index contributed by atoms with van der Waals surface area (Å²) in [5.74, 6) is 0.220. The van der Waals surface area contributed by atoms with Gasteiger partial charge in [0.1, 0.15) is 0 Å². The van der Waals surface area contributed by atoms with Crippen LogP contribution in [0.2, 0.25) is 0 Å². The number of hydrogen-bond acceptors (Lipinski definition) is 3. The zero-order chi connectivity index (χ0) is 15.5. The number of nitrogens with zero attached hydrogens (tertiary/aromatic N) is 4. The summed E-state index contributed by atoms with van der Waals surface area (Å²) in [6.45, 7) is 4.73. The summed E-state index contributed by atoms with van der Waals surface area (Å²) in [6, 6.07) is 7.91. The Morgan fingerprint density at radius 2 is 1.77 bits per heavy atom. The first-order chi connectivity index (χ1) is 10.6. The van der Waals surface area contributed by atoms with Gasteiger partial charge in [-0.15, -0.1) is 0 Å². The molecule has 0 spiro atoms. The molecule has 6 nitrogen and oxygen atoms in total. The Bertz CT molecular complexity index is 686. The van der Waals surface area contributed by atoms with Crippen LogP contribution in [-0.4, -0.2) is 57.3 Å². The normalized spacial score (nSPS) is 15.3. The van der Waals surface area contributed by atoms with Crippen LogP contribution in [0.5, 0.6) is 0 Å². The fourth-order valence-corrected chi connectivity index (χ4v) is 2.83. The van der Waals surface area contributed by atoms with Gasteiger partial charge < -0.3 is 14.4 Å². The average molecular weight is 300 g/mol. The van der Waals surface area contributed by atoms with Crippen molar-refractivity contribution in [3.8, 4) is 0 Å². The molecule has 6 heteroatoms. The highest BCUT2D eigenvalue weighted by Crippen LogP contribution is 2.13. The summed E-state index contributed by atoms with van der Waals surface area (Å²) in [5.41, 5.74) is 2.00. The molecule has 2 aromatic rings. The predicted molar refractivity (Wildman–Crippen MR) is 83.2 cm³/mol. The second-order valence-corrected chi connectivity index (χ2v) is 5.56. The Labute approximate surface area is 129 Å². The van der Waals surface area contributed by atoms with Crippen molar-refractivity contribution < 1.29 is 9.59 Å². The van der Waals surface area contributed by atoms with Crippen LogP contribution >= 0.6 is 0 Å². The average Bonchev–Trinajstić information content (AvgIpc) is 2.96. The number of aryl methyl sites for hydroxylation is 1. The number of imidazole rings is 1. The molecule has 1 aromatic heterocycles. The van der Waals surface area contributed by atoms with Crippen molar-refractivity contribution >= 4 is 22.8 Å². The lowest BCUT2D eigenvalue weighted by Gasteiger charge is -2.34. The van der Waals surface area contributed by atoms with Crippen molar-refractivity contribution in [3.63, 3.8) is 0 Å². The van der Waals surface area contributed by atoms with Gasteiger partial charge in [-0.1, -0.05) is 12.1 Å². The van der Waals surface area contributed by atoms with Crippen LogP contribution in [0.25, 0.3) is 11.0 Å². The number of hydrogen-bond donors (Lipinski definition) is 0. The number of carbonyl (C=O) groups is 2. The van der Waals surface area contributed by atoms with E-state index in [0.29, 0.717) is 39.1 Å². The van der Waals surface area contributed by atoms with E-state index < -0.39 is 0 Å². The topological polar surface area (TPSA) is 58.4 Å². The maximum atomic E-state index is 12.3. The highest BCUT2D eigenvalue weighted by atomic mass is 16.2. The Kier molecular flexibility index (Phi) is 4.09. The van der Waals surface area contributed by atoms with Gasteiger partial charge in [0, 0.05) is 46.1 Å². The summed E-state index contributed by atoms with van der Waals surface area (Å²) in [4.78, 5) is 31.6. The molecular formula is C16H20N4O2. The number of rotatable bonds is 3. The van der Waals surface area contributed by atoms with Crippen LogP contribution in [0.4, 0.5) is 0 Å². The maximum Gasteiger partial charge on any atom is 0.224 e. The Morgan fingerprint density at radius 1 is 1.09 bits per heavy atom. The van der Waals surface area contributed by atoms with E-state index in [-0.39, 0.29) is 11.8 Å². The lowest BCUT2D eigenvalue weighted by molar-refractivity contribution is -0.138. The Morgan fingerprint density at radius 3 is 2.50 bits per heavy atom. The summed E-state index contributed by atoms with van der Waals surface area (Å²) in [5, 5.41) is 0. The molecule has 3 rings (SSSR count). The summed E-state index contributed by atoms with van der Waals surface area (Å²) >= 11 is 0. The van der Waals surface area contributed by atoms with E-state index in [2.05, 4.69) is 4.98 Å². The summed E-state index contributed by atoms with van der Waals surface area (Å²) in [6.07, 6.45) is 2.24. The third-order valence-electron chi connectivity index (χ3n) is 4.17. The number of piperazine rings is 1. The van der Waals surface area contributed by atoms with Gasteiger partial charge in [0.15, 0.2) is 0 Å². The third-order valence-corrected chi connectivity index (χ3v) is 4.17. The monoisotopic (exact) mass is 300 g/mol. The first-order valence-electron chi connectivity index (χ1n) is 7.58. The van der Waals surface area contributed by atoms with Gasteiger partial charge >= 0.3 is 0 Å². The van der Waals surface area contributed by atoms with Crippen molar-refractivity contribution in [3.05, 3.63) is 30.6 Å². The number of carbonyl (C=O) groups excluding carboxylic acids is 2. The number of benzene rings is 1. The first kappa shape index (κ1) is 14.6. The van der Waals surface area contributed by atoms with E-state index in [1.165, 1.54) is 0 Å². The minimum Gasteiger partial charge on any atom is -0.339 e. The van der Waals surface area contributed by atoms with E-state index in [4.69, 9.17) is 0 Å². The molecule has 116 valence electrons. The maximum absolute atomic E-state index is 12.3. The zero-order valence-corrected chi connectivity index (χ0v) is 12.7. The molecule has 2 heterocycles. The van der Waals surface area contributed by atoms with E-state index in [9.17, 15) is 9.59 Å². The first-order valence-corrected chi connectivity index (χ1v) is 7.58. The van der Waals surface area contributed by atoms with Gasteiger partial charge in [-0.2, -0.15) is 0 Å². The van der Waals surface area contributed by atoms with Gasteiger partial charge in [-0.05, 0) is 12.1 Å². The molecule has 1 saturated heterocycles. The molecule has 22 heavy (non-hydrogen) atoms. The van der Waals surface area contributed by atoms with Crippen LogP contribution in [0, 0.1) is 0 Å². The SMILES string of the molecule is CC(=O)N1CCN(C(=O)CCn2cnc3ccccc32)CC1. The van der Waals surface area contributed by atoms with E-state index in [0.717, 1.165) is 11.0 Å². The predicted octanol–water partition coefficient (Wildman–Crippen LogP) is 1.12. The minimum atomic E-state index is 0.0805. The van der Waals surface area contributed by atoms with Crippen LogP contribution < -0.4 is 0 Å². The van der Waals surface area contributed by atoms with Gasteiger partial charge in [-0.25, -0.2) is 4.98 Å². The van der Waals surface area contributed by atoms with Gasteiger partial charge in [0.05, 0.1) is 17.4 Å². The molecule has 1 aliphatic rings. The molecule has 0 radical (unpaired) electrons. The van der Waals surface area contributed by atoms with Crippen LogP contribution in [0.15, 0.2) is 30.6 Å². The highest BCUT2D eigenvalue weighted by Gasteiger charge is 2.22. The van der Waals surface area contributed by atoms with Crippen molar-refractivity contribution in [1.82, 2.24) is 19.4 Å². The zero-order valence-electron chi connectivity index (χ0n) is 12.7. The molecule has 1 aliphatic heterocycles. The molecule has 1 aromatic carbocycles. The van der Waals surface area contributed by atoms with Crippen molar-refractivity contribution in [2.24, 2.45) is 0 Å². The molecule has 0 saturated carbocycles. The largest absolute Gasteiger partial charge is 0.339 e. The molecule has 0 aliphatic carbocycles. The van der Waals surface area contributed by atoms with Crippen molar-refractivity contribution in [2.75, 3.05) is 26.2 Å². The fraction of sp³-hybridized carbons (Fsp3) is 0.438. The second-order valence-electron chi connectivity index (χ2n) is 5.56. The van der Waals surface area contributed by atoms with Crippen molar-refractivity contribution in [1.29, 1.82) is 0 Å². The smallest absolute Gasteiger partial charge is 0.224 e. The third kappa shape index (κ3) is 2.95. The molecular weight excluding hydrogens is 280 g/mol. The highest BCUT2D eigenvalue weighted by molar-refractivity contribution is 5.78. The number of amides is 2. The number of fused-ring (bicyclic) bond motifs is 1. The summed E-state index contributed by atoms with van der Waals surface area (Å²) < 4.78 is 2.01. The van der Waals surface area contributed by atoms with Crippen LogP contribution in [0.1, 0.15) is 13.3 Å². The fourth-order valence-electron chi connectivity index (χ4n) is 2.83. The minimum absolute atomic E-state index is 0.0805. The summed E-state index contributed by atoms with van der Waals surface area (Å²) in [7, 11) is 0. The van der Waals surface area contributed by atoms with Gasteiger partial charge in [-0.3, -0.25) is 9.59 Å². The van der Waals surface area contributed by atoms with E-state index in [1.54, 1.807) is 18.2 Å². The van der Waals surface area contributed by atoms with Gasteiger partial charge in [0.25, 0.3) is 0 Å². The second kappa shape index (κ2) is 6.17. The lowest BCUT2D eigenvalue weighted by Crippen LogP contribution is -2.50. The standard InChI is InChI=1S/C16H20N4O2/c1-13(21)18-8-10-19(11-9-18)16(22)6-7-20-12-17-14-4-2-3-5-15(14)20/h2-5,12H,6-11H2,1H3. The van der Waals surface area contributed by atoms with Crippen molar-refractivity contribution in [2.45, 2.75) is 19.9 Å². The van der Waals surface area contributed by atoms with Crippen LogP contribution in [-0.2, 0) is 16.1 Å². The molecule has 1 fully saturated rings. The van der Waals surface area contributed by atoms with Gasteiger partial charge in [0.2, 0.25) is 11.8 Å². The molecule has 2 amide bonds. The molecule has 0 bridgehead atoms. The molecule has 0 N–H and O–H groups in total. The molecule has 0 unspecified atom stereocenters. The lowest BCUT2D eigenvalue weighted by atomic mass is 10.2. The van der Waals surface area contributed by atoms with E-state index in [1.807, 2.05) is 33.7 Å². The van der Waals surface area contributed by atoms with E-state index >= 15 is 0 Å². The Hall–Kier alpha value is -2.37.